The summed E-state index contributed by atoms with van der Waals surface area (Å²) in [6.45, 7) is 2.25. The fourth-order valence-corrected chi connectivity index (χ4v) is 2.62. The number of nitrogen functional groups attached to an aromatic ring is 1. The molecule has 116 valence electrons. The maximum Gasteiger partial charge on any atom is 0.127 e. The molecule has 2 heteroatoms. The zero-order valence-corrected chi connectivity index (χ0v) is 13.3. The van der Waals surface area contributed by atoms with Gasteiger partial charge in [-0.05, 0) is 59.9 Å². The lowest BCUT2D eigenvalue weighted by Gasteiger charge is -2.13. The predicted octanol–water partition coefficient (Wildman–Crippen LogP) is 5.41. The number of benzene rings is 3. The number of hydrogen-bond donors (Lipinski definition) is 1. The molecule has 0 amide bonds. The van der Waals surface area contributed by atoms with E-state index in [0.29, 0.717) is 5.92 Å². The third-order valence-electron chi connectivity index (χ3n) is 3.95. The minimum atomic E-state index is 0.475. The molecular weight excluding hydrogens is 282 g/mol. The van der Waals surface area contributed by atoms with E-state index in [1.807, 2.05) is 36.4 Å². The maximum absolute atomic E-state index is 5.83. The Bertz CT molecular complexity index is 733. The first-order chi connectivity index (χ1) is 11.2. The number of hydrogen-bond acceptors (Lipinski definition) is 2. The molecule has 0 aliphatic heterocycles. The summed E-state index contributed by atoms with van der Waals surface area (Å²) >= 11 is 0. The maximum atomic E-state index is 5.83. The lowest BCUT2D eigenvalue weighted by atomic mass is 9.94. The van der Waals surface area contributed by atoms with Crippen molar-refractivity contribution in [1.82, 2.24) is 0 Å². The Kier molecular flexibility index (Phi) is 4.62. The number of nitrogens with two attached hydrogens (primary N) is 1. The summed E-state index contributed by atoms with van der Waals surface area (Å²) in [7, 11) is 0. The summed E-state index contributed by atoms with van der Waals surface area (Å²) in [6.07, 6.45) is 1.04. The van der Waals surface area contributed by atoms with E-state index < -0.39 is 0 Å². The van der Waals surface area contributed by atoms with Gasteiger partial charge in [-0.3, -0.25) is 0 Å². The van der Waals surface area contributed by atoms with Gasteiger partial charge in [0.1, 0.15) is 11.5 Å². The van der Waals surface area contributed by atoms with E-state index in [1.54, 1.807) is 0 Å². The standard InChI is InChI=1S/C21H21NO/c1-16(15-17-5-3-2-4-6-17)18-7-11-20(12-8-18)23-21-13-9-19(22)10-14-21/h2-14,16H,15,22H2,1H3. The highest BCUT2D eigenvalue weighted by atomic mass is 16.5. The molecule has 0 spiro atoms. The van der Waals surface area contributed by atoms with Crippen LogP contribution in [0.4, 0.5) is 5.69 Å². The Morgan fingerprint density at radius 3 is 1.96 bits per heavy atom. The van der Waals surface area contributed by atoms with Crippen molar-refractivity contribution in [3.63, 3.8) is 0 Å². The molecule has 1 unspecified atom stereocenters. The normalized spacial score (nSPS) is 11.9. The molecular formula is C21H21NO. The Morgan fingerprint density at radius 2 is 1.35 bits per heavy atom. The molecule has 0 bridgehead atoms. The van der Waals surface area contributed by atoms with Crippen LogP contribution < -0.4 is 10.5 Å². The van der Waals surface area contributed by atoms with Crippen molar-refractivity contribution >= 4 is 5.69 Å². The Labute approximate surface area is 137 Å². The molecule has 0 saturated carbocycles. The zero-order valence-electron chi connectivity index (χ0n) is 13.3. The molecule has 0 fully saturated rings. The third-order valence-corrected chi connectivity index (χ3v) is 3.95. The van der Waals surface area contributed by atoms with Gasteiger partial charge in [-0.25, -0.2) is 0 Å². The van der Waals surface area contributed by atoms with Gasteiger partial charge in [0.15, 0.2) is 0 Å². The van der Waals surface area contributed by atoms with Gasteiger partial charge in [0.25, 0.3) is 0 Å². The van der Waals surface area contributed by atoms with Gasteiger partial charge in [-0.15, -0.1) is 0 Å². The van der Waals surface area contributed by atoms with E-state index >= 15 is 0 Å². The van der Waals surface area contributed by atoms with Gasteiger partial charge in [0.05, 0.1) is 0 Å². The number of rotatable bonds is 5. The Morgan fingerprint density at radius 1 is 0.783 bits per heavy atom. The van der Waals surface area contributed by atoms with Crippen LogP contribution in [-0.2, 0) is 6.42 Å². The summed E-state index contributed by atoms with van der Waals surface area (Å²) in [4.78, 5) is 0. The average molecular weight is 303 g/mol. The van der Waals surface area contributed by atoms with Crippen LogP contribution in [0.2, 0.25) is 0 Å². The molecule has 0 heterocycles. The van der Waals surface area contributed by atoms with Crippen molar-refractivity contribution in [2.24, 2.45) is 0 Å². The van der Waals surface area contributed by atoms with Crippen molar-refractivity contribution in [3.8, 4) is 11.5 Å². The highest BCUT2D eigenvalue weighted by Gasteiger charge is 2.07. The van der Waals surface area contributed by atoms with Crippen molar-refractivity contribution in [3.05, 3.63) is 90.0 Å². The largest absolute Gasteiger partial charge is 0.457 e. The second-order valence-corrected chi connectivity index (χ2v) is 5.83. The molecule has 0 aromatic heterocycles. The first-order valence-electron chi connectivity index (χ1n) is 7.88. The van der Waals surface area contributed by atoms with Crippen LogP contribution in [0.25, 0.3) is 0 Å². The van der Waals surface area contributed by atoms with Gasteiger partial charge in [0.2, 0.25) is 0 Å². The van der Waals surface area contributed by atoms with Crippen LogP contribution in [-0.4, -0.2) is 0 Å². The van der Waals surface area contributed by atoms with Crippen LogP contribution in [0.3, 0.4) is 0 Å². The van der Waals surface area contributed by atoms with Crippen LogP contribution in [0.15, 0.2) is 78.9 Å². The fourth-order valence-electron chi connectivity index (χ4n) is 2.62. The Hall–Kier alpha value is -2.74. The van der Waals surface area contributed by atoms with Crippen molar-refractivity contribution in [1.29, 1.82) is 0 Å². The first kappa shape index (κ1) is 15.2. The molecule has 2 nitrogen and oxygen atoms in total. The molecule has 1 atom stereocenters. The fraction of sp³-hybridized carbons (Fsp3) is 0.143. The summed E-state index contributed by atoms with van der Waals surface area (Å²) in [6, 6.07) is 26.3. The molecule has 0 radical (unpaired) electrons. The molecule has 3 aromatic rings. The van der Waals surface area contributed by atoms with Crippen molar-refractivity contribution in [2.75, 3.05) is 5.73 Å². The summed E-state index contributed by atoms with van der Waals surface area (Å²) < 4.78 is 5.83. The molecule has 2 N–H and O–H groups in total. The summed E-state index contributed by atoms with van der Waals surface area (Å²) in [5.74, 6) is 2.11. The minimum absolute atomic E-state index is 0.475. The highest BCUT2D eigenvalue weighted by Crippen LogP contribution is 2.26. The minimum Gasteiger partial charge on any atom is -0.457 e. The zero-order chi connectivity index (χ0) is 16.1. The van der Waals surface area contributed by atoms with E-state index in [1.165, 1.54) is 11.1 Å². The van der Waals surface area contributed by atoms with Crippen molar-refractivity contribution in [2.45, 2.75) is 19.3 Å². The monoisotopic (exact) mass is 303 g/mol. The van der Waals surface area contributed by atoms with Crippen molar-refractivity contribution < 1.29 is 4.74 Å². The lowest BCUT2D eigenvalue weighted by molar-refractivity contribution is 0.482. The van der Waals surface area contributed by atoms with Gasteiger partial charge < -0.3 is 10.5 Å². The summed E-state index contributed by atoms with van der Waals surface area (Å²) in [5, 5.41) is 0. The first-order valence-corrected chi connectivity index (χ1v) is 7.88. The highest BCUT2D eigenvalue weighted by molar-refractivity contribution is 5.43. The second-order valence-electron chi connectivity index (χ2n) is 5.83. The van der Waals surface area contributed by atoms with Gasteiger partial charge in [-0.1, -0.05) is 49.4 Å². The average Bonchev–Trinajstić information content (AvgIpc) is 2.58. The number of anilines is 1. The van der Waals surface area contributed by atoms with Crippen LogP contribution in [0, 0.1) is 0 Å². The topological polar surface area (TPSA) is 35.2 Å². The smallest absolute Gasteiger partial charge is 0.127 e. The second kappa shape index (κ2) is 7.01. The Balaban J connectivity index is 1.65. The molecule has 23 heavy (non-hydrogen) atoms. The molecule has 0 aliphatic rings. The predicted molar refractivity (Wildman–Crippen MR) is 95.9 cm³/mol. The number of ether oxygens (including phenoxy) is 1. The SMILES string of the molecule is CC(Cc1ccccc1)c1ccc(Oc2ccc(N)cc2)cc1. The van der Waals surface area contributed by atoms with Crippen LogP contribution >= 0.6 is 0 Å². The quantitative estimate of drug-likeness (QED) is 0.640. The van der Waals surface area contributed by atoms with Gasteiger partial charge >= 0.3 is 0 Å². The lowest BCUT2D eigenvalue weighted by Crippen LogP contribution is -1.98. The molecule has 3 rings (SSSR count). The molecule has 0 aliphatic carbocycles. The molecule has 0 saturated heterocycles. The third kappa shape index (κ3) is 4.13. The van der Waals surface area contributed by atoms with Gasteiger partial charge in [0, 0.05) is 5.69 Å². The van der Waals surface area contributed by atoms with Gasteiger partial charge in [-0.2, -0.15) is 0 Å². The van der Waals surface area contributed by atoms with E-state index in [-0.39, 0.29) is 0 Å². The van der Waals surface area contributed by atoms with E-state index in [9.17, 15) is 0 Å². The van der Waals surface area contributed by atoms with E-state index in [2.05, 4.69) is 49.4 Å². The summed E-state index contributed by atoms with van der Waals surface area (Å²) in [5.41, 5.74) is 9.10. The van der Waals surface area contributed by atoms with Crippen LogP contribution in [0.5, 0.6) is 11.5 Å². The van der Waals surface area contributed by atoms with Crippen LogP contribution in [0.1, 0.15) is 24.0 Å². The van der Waals surface area contributed by atoms with E-state index in [0.717, 1.165) is 23.6 Å². The molecule has 3 aromatic carbocycles. The van der Waals surface area contributed by atoms with E-state index in [4.69, 9.17) is 10.5 Å².